The van der Waals surface area contributed by atoms with Gasteiger partial charge in [-0.05, 0) is 38.1 Å². The second-order valence-corrected chi connectivity index (χ2v) is 5.21. The molecule has 0 unspecified atom stereocenters. The molecule has 0 aliphatic carbocycles. The zero-order chi connectivity index (χ0) is 17.4. The molecule has 1 aromatic rings. The van der Waals surface area contributed by atoms with Gasteiger partial charge in [-0.15, -0.1) is 0 Å². The molecule has 1 N–H and O–H groups in total. The maximum atomic E-state index is 12.1. The number of nitrogens with one attached hydrogen (secondary N) is 1. The summed E-state index contributed by atoms with van der Waals surface area (Å²) in [4.78, 5) is 38.3. The lowest BCUT2D eigenvalue weighted by Crippen LogP contribution is -2.36. The van der Waals surface area contributed by atoms with E-state index < -0.39 is 0 Å². The average Bonchev–Trinajstić information content (AvgIpc) is 2.49. The van der Waals surface area contributed by atoms with Crippen molar-refractivity contribution < 1.29 is 14.4 Å². The van der Waals surface area contributed by atoms with E-state index in [-0.39, 0.29) is 24.1 Å². The Morgan fingerprint density at radius 3 is 2.00 bits per heavy atom. The molecule has 23 heavy (non-hydrogen) atoms. The number of rotatable bonds is 7. The average molecular weight is 319 g/mol. The third kappa shape index (κ3) is 5.73. The molecule has 0 heterocycles. The lowest BCUT2D eigenvalue weighted by molar-refractivity contribution is -0.130. The second kappa shape index (κ2) is 8.92. The van der Waals surface area contributed by atoms with Crippen LogP contribution in [0.3, 0.4) is 0 Å². The highest BCUT2D eigenvalue weighted by Crippen LogP contribution is 2.19. The first-order valence-corrected chi connectivity index (χ1v) is 7.82. The number of hydrogen-bond donors (Lipinski definition) is 1. The van der Waals surface area contributed by atoms with Crippen LogP contribution in [0.15, 0.2) is 24.3 Å². The van der Waals surface area contributed by atoms with Crippen molar-refractivity contribution in [1.82, 2.24) is 4.90 Å². The topological polar surface area (TPSA) is 69.7 Å². The maximum absolute atomic E-state index is 12.1. The fraction of sp³-hybridized carbons (Fsp3) is 0.471. The Morgan fingerprint density at radius 2 is 1.57 bits per heavy atom. The van der Waals surface area contributed by atoms with E-state index in [2.05, 4.69) is 5.32 Å². The van der Waals surface area contributed by atoms with Gasteiger partial charge in [-0.1, -0.05) is 0 Å². The van der Waals surface area contributed by atoms with Gasteiger partial charge in [0.1, 0.15) is 0 Å². The highest BCUT2D eigenvalue weighted by Gasteiger charge is 2.16. The monoisotopic (exact) mass is 319 g/mol. The van der Waals surface area contributed by atoms with Crippen LogP contribution in [0.2, 0.25) is 0 Å². The second-order valence-electron chi connectivity index (χ2n) is 5.21. The van der Waals surface area contributed by atoms with Crippen LogP contribution in [0.25, 0.3) is 0 Å². The standard InChI is InChI=1S/C17H25N3O3/c1-5-19(6-2)17(23)11-12-20(14(4)22)16-9-7-15(8-10-16)18-13(3)21/h7-10H,5-6,11-12H2,1-4H3,(H,18,21). The van der Waals surface area contributed by atoms with Crippen molar-refractivity contribution in [1.29, 1.82) is 0 Å². The van der Waals surface area contributed by atoms with Gasteiger partial charge in [0.15, 0.2) is 0 Å². The predicted molar refractivity (Wildman–Crippen MR) is 91.3 cm³/mol. The van der Waals surface area contributed by atoms with Crippen LogP contribution in [0.5, 0.6) is 0 Å². The Bertz CT molecular complexity index is 551. The van der Waals surface area contributed by atoms with Crippen molar-refractivity contribution >= 4 is 29.1 Å². The molecule has 0 saturated carbocycles. The summed E-state index contributed by atoms with van der Waals surface area (Å²) in [6.07, 6.45) is 0.286. The van der Waals surface area contributed by atoms with Crippen LogP contribution in [0, 0.1) is 0 Å². The summed E-state index contributed by atoms with van der Waals surface area (Å²) in [5.41, 5.74) is 1.38. The number of anilines is 2. The third-order valence-corrected chi connectivity index (χ3v) is 3.54. The number of benzene rings is 1. The SMILES string of the molecule is CCN(CC)C(=O)CCN(C(C)=O)c1ccc(NC(C)=O)cc1. The van der Waals surface area contributed by atoms with Gasteiger partial charge in [0.25, 0.3) is 0 Å². The minimum Gasteiger partial charge on any atom is -0.343 e. The van der Waals surface area contributed by atoms with Crippen molar-refractivity contribution in [2.75, 3.05) is 29.9 Å². The van der Waals surface area contributed by atoms with E-state index in [1.165, 1.54) is 13.8 Å². The van der Waals surface area contributed by atoms with E-state index in [1.54, 1.807) is 34.1 Å². The number of carbonyl (C=O) groups is 3. The van der Waals surface area contributed by atoms with Crippen LogP contribution in [-0.2, 0) is 14.4 Å². The number of carbonyl (C=O) groups excluding carboxylic acids is 3. The normalized spacial score (nSPS) is 10.1. The smallest absolute Gasteiger partial charge is 0.224 e. The number of amides is 3. The molecule has 0 saturated heterocycles. The molecule has 3 amide bonds. The van der Waals surface area contributed by atoms with Crippen molar-refractivity contribution in [2.24, 2.45) is 0 Å². The molecule has 6 nitrogen and oxygen atoms in total. The molecule has 0 radical (unpaired) electrons. The predicted octanol–water partition coefficient (Wildman–Crippen LogP) is 2.26. The van der Waals surface area contributed by atoms with Crippen molar-refractivity contribution in [2.45, 2.75) is 34.1 Å². The van der Waals surface area contributed by atoms with E-state index >= 15 is 0 Å². The van der Waals surface area contributed by atoms with E-state index in [0.29, 0.717) is 31.0 Å². The molecular formula is C17H25N3O3. The molecule has 1 rings (SSSR count). The molecule has 1 aromatic carbocycles. The van der Waals surface area contributed by atoms with E-state index in [4.69, 9.17) is 0 Å². The number of nitrogens with zero attached hydrogens (tertiary/aromatic N) is 2. The molecule has 0 atom stereocenters. The fourth-order valence-electron chi connectivity index (χ4n) is 2.34. The van der Waals surface area contributed by atoms with Gasteiger partial charge in [0.2, 0.25) is 17.7 Å². The molecule has 0 spiro atoms. The first-order chi connectivity index (χ1) is 10.9. The van der Waals surface area contributed by atoms with Crippen LogP contribution < -0.4 is 10.2 Å². The Hall–Kier alpha value is -2.37. The Morgan fingerprint density at radius 1 is 1.00 bits per heavy atom. The summed E-state index contributed by atoms with van der Waals surface area (Å²) in [5.74, 6) is -0.230. The fourth-order valence-corrected chi connectivity index (χ4v) is 2.34. The van der Waals surface area contributed by atoms with Crippen molar-refractivity contribution in [3.8, 4) is 0 Å². The Labute approximate surface area is 137 Å². The molecule has 6 heteroatoms. The van der Waals surface area contributed by atoms with Gasteiger partial charge in [-0.2, -0.15) is 0 Å². The highest BCUT2D eigenvalue weighted by molar-refractivity contribution is 5.93. The van der Waals surface area contributed by atoms with Crippen LogP contribution in [0.1, 0.15) is 34.1 Å². The minimum absolute atomic E-state index is 0.0381. The zero-order valence-electron chi connectivity index (χ0n) is 14.3. The molecule has 0 bridgehead atoms. The Kier molecular flexibility index (Phi) is 7.25. The van der Waals surface area contributed by atoms with Crippen LogP contribution in [-0.4, -0.2) is 42.3 Å². The zero-order valence-corrected chi connectivity index (χ0v) is 14.3. The quantitative estimate of drug-likeness (QED) is 0.838. The van der Waals surface area contributed by atoms with Crippen molar-refractivity contribution in [3.05, 3.63) is 24.3 Å². The van der Waals surface area contributed by atoms with Gasteiger partial charge in [0, 0.05) is 51.3 Å². The van der Waals surface area contributed by atoms with Gasteiger partial charge in [-0.3, -0.25) is 14.4 Å². The Balaban J connectivity index is 2.77. The summed E-state index contributed by atoms with van der Waals surface area (Å²) in [6.45, 7) is 8.46. The lowest BCUT2D eigenvalue weighted by atomic mass is 10.2. The first-order valence-electron chi connectivity index (χ1n) is 7.82. The van der Waals surface area contributed by atoms with E-state index in [9.17, 15) is 14.4 Å². The molecule has 126 valence electrons. The summed E-state index contributed by atoms with van der Waals surface area (Å²) >= 11 is 0. The number of hydrogen-bond acceptors (Lipinski definition) is 3. The first kappa shape index (κ1) is 18.7. The molecular weight excluding hydrogens is 294 g/mol. The van der Waals surface area contributed by atoms with Crippen molar-refractivity contribution in [3.63, 3.8) is 0 Å². The molecule has 0 aliphatic heterocycles. The van der Waals surface area contributed by atoms with Gasteiger partial charge in [0.05, 0.1) is 0 Å². The molecule has 0 aromatic heterocycles. The van der Waals surface area contributed by atoms with Gasteiger partial charge in [-0.25, -0.2) is 0 Å². The summed E-state index contributed by atoms with van der Waals surface area (Å²) < 4.78 is 0. The largest absolute Gasteiger partial charge is 0.343 e. The summed E-state index contributed by atoms with van der Waals surface area (Å²) in [5, 5.41) is 2.68. The van der Waals surface area contributed by atoms with E-state index in [0.717, 1.165) is 0 Å². The van der Waals surface area contributed by atoms with Gasteiger partial charge < -0.3 is 15.1 Å². The lowest BCUT2D eigenvalue weighted by Gasteiger charge is -2.24. The van der Waals surface area contributed by atoms with E-state index in [1.807, 2.05) is 13.8 Å². The highest BCUT2D eigenvalue weighted by atomic mass is 16.2. The van der Waals surface area contributed by atoms with Gasteiger partial charge >= 0.3 is 0 Å². The molecule has 0 aliphatic rings. The third-order valence-electron chi connectivity index (χ3n) is 3.54. The van der Waals surface area contributed by atoms with Crippen LogP contribution in [0.4, 0.5) is 11.4 Å². The summed E-state index contributed by atoms with van der Waals surface area (Å²) in [6, 6.07) is 6.99. The minimum atomic E-state index is -0.147. The molecule has 0 fully saturated rings. The summed E-state index contributed by atoms with van der Waals surface area (Å²) in [7, 11) is 0. The maximum Gasteiger partial charge on any atom is 0.224 e. The van der Waals surface area contributed by atoms with Crippen LogP contribution >= 0.6 is 0 Å².